The van der Waals surface area contributed by atoms with E-state index < -0.39 is 7.60 Å². The fourth-order valence-corrected chi connectivity index (χ4v) is 1.75. The van der Waals surface area contributed by atoms with E-state index in [1.54, 1.807) is 0 Å². The standard InChI is InChI=1S/C8H17O4P/c1-7-4-5-11-8(7)6-12-13(3,9)10-2/h7-8H,4-6H2,1-3H3. The van der Waals surface area contributed by atoms with Crippen molar-refractivity contribution in [2.24, 2.45) is 5.92 Å². The van der Waals surface area contributed by atoms with Gasteiger partial charge in [-0.2, -0.15) is 0 Å². The SMILES string of the molecule is COP(C)(=O)OCC1OCCC1C. The van der Waals surface area contributed by atoms with Crippen LogP contribution in [0.25, 0.3) is 0 Å². The van der Waals surface area contributed by atoms with Gasteiger partial charge in [-0.25, -0.2) is 0 Å². The molecule has 1 saturated heterocycles. The molecule has 4 nitrogen and oxygen atoms in total. The summed E-state index contributed by atoms with van der Waals surface area (Å²) in [5.74, 6) is 0.483. The van der Waals surface area contributed by atoms with Gasteiger partial charge in [-0.05, 0) is 12.3 Å². The van der Waals surface area contributed by atoms with Crippen LogP contribution in [0.4, 0.5) is 0 Å². The highest BCUT2D eigenvalue weighted by Gasteiger charge is 2.27. The summed E-state index contributed by atoms with van der Waals surface area (Å²) in [7, 11) is -1.44. The molecule has 0 spiro atoms. The fraction of sp³-hybridized carbons (Fsp3) is 1.00. The Balaban J connectivity index is 2.30. The van der Waals surface area contributed by atoms with E-state index in [9.17, 15) is 4.57 Å². The maximum Gasteiger partial charge on any atom is 0.327 e. The Morgan fingerprint density at radius 2 is 2.31 bits per heavy atom. The van der Waals surface area contributed by atoms with Crippen LogP contribution >= 0.6 is 7.60 Å². The van der Waals surface area contributed by atoms with Crippen molar-refractivity contribution >= 4 is 7.60 Å². The molecule has 1 fully saturated rings. The molecular formula is C8H17O4P. The van der Waals surface area contributed by atoms with Crippen LogP contribution in [0.3, 0.4) is 0 Å². The van der Waals surface area contributed by atoms with Gasteiger partial charge in [0, 0.05) is 20.4 Å². The Kier molecular flexibility index (Phi) is 3.92. The summed E-state index contributed by atoms with van der Waals surface area (Å²) in [4.78, 5) is 0. The number of hydrogen-bond acceptors (Lipinski definition) is 4. The van der Waals surface area contributed by atoms with Crippen LogP contribution in [0.2, 0.25) is 0 Å². The molecule has 0 N–H and O–H groups in total. The molecule has 0 radical (unpaired) electrons. The number of rotatable bonds is 4. The quantitative estimate of drug-likeness (QED) is 0.662. The molecule has 5 heteroatoms. The zero-order chi connectivity index (χ0) is 9.90. The normalized spacial score (nSPS) is 33.2. The summed E-state index contributed by atoms with van der Waals surface area (Å²) >= 11 is 0. The van der Waals surface area contributed by atoms with Crippen molar-refractivity contribution in [3.05, 3.63) is 0 Å². The van der Waals surface area contributed by atoms with Gasteiger partial charge in [0.05, 0.1) is 12.7 Å². The van der Waals surface area contributed by atoms with Gasteiger partial charge in [-0.3, -0.25) is 4.57 Å². The zero-order valence-electron chi connectivity index (χ0n) is 8.36. The third-order valence-electron chi connectivity index (χ3n) is 2.34. The minimum absolute atomic E-state index is 0.0726. The van der Waals surface area contributed by atoms with Crippen molar-refractivity contribution in [1.82, 2.24) is 0 Å². The first-order chi connectivity index (χ1) is 6.05. The average molecular weight is 208 g/mol. The minimum Gasteiger partial charge on any atom is -0.376 e. The summed E-state index contributed by atoms with van der Waals surface area (Å²) in [6.45, 7) is 4.71. The number of hydrogen-bond donors (Lipinski definition) is 0. The van der Waals surface area contributed by atoms with Crippen molar-refractivity contribution in [1.29, 1.82) is 0 Å². The molecule has 1 rings (SSSR count). The van der Waals surface area contributed by atoms with Crippen LogP contribution in [-0.4, -0.2) is 33.1 Å². The molecule has 0 bridgehead atoms. The molecule has 1 aliphatic heterocycles. The second-order valence-electron chi connectivity index (χ2n) is 3.42. The highest BCUT2D eigenvalue weighted by molar-refractivity contribution is 7.52. The molecule has 0 saturated carbocycles. The fourth-order valence-electron chi connectivity index (χ4n) is 1.23. The van der Waals surface area contributed by atoms with Crippen LogP contribution in [0.1, 0.15) is 13.3 Å². The second kappa shape index (κ2) is 4.56. The van der Waals surface area contributed by atoms with E-state index in [0.29, 0.717) is 12.5 Å². The Morgan fingerprint density at radius 1 is 1.62 bits per heavy atom. The highest BCUT2D eigenvalue weighted by Crippen LogP contribution is 2.43. The molecule has 3 atom stereocenters. The summed E-state index contributed by atoms with van der Waals surface area (Å²) in [6.07, 6.45) is 1.12. The molecule has 1 heterocycles. The van der Waals surface area contributed by atoms with Gasteiger partial charge >= 0.3 is 7.60 Å². The van der Waals surface area contributed by atoms with Gasteiger partial charge < -0.3 is 13.8 Å². The van der Waals surface area contributed by atoms with Crippen molar-refractivity contribution in [2.45, 2.75) is 19.4 Å². The first-order valence-electron chi connectivity index (χ1n) is 4.44. The Bertz CT molecular complexity index is 206. The van der Waals surface area contributed by atoms with E-state index >= 15 is 0 Å². The molecule has 13 heavy (non-hydrogen) atoms. The largest absolute Gasteiger partial charge is 0.376 e. The van der Waals surface area contributed by atoms with Crippen LogP contribution < -0.4 is 0 Å². The van der Waals surface area contributed by atoms with Crippen LogP contribution in [-0.2, 0) is 18.3 Å². The molecular weight excluding hydrogens is 191 g/mol. The zero-order valence-corrected chi connectivity index (χ0v) is 9.25. The van der Waals surface area contributed by atoms with Crippen molar-refractivity contribution < 1.29 is 18.3 Å². The van der Waals surface area contributed by atoms with Gasteiger partial charge in [0.15, 0.2) is 0 Å². The topological polar surface area (TPSA) is 44.8 Å². The van der Waals surface area contributed by atoms with E-state index in [0.717, 1.165) is 13.0 Å². The molecule has 1 aliphatic rings. The van der Waals surface area contributed by atoms with Crippen molar-refractivity contribution in [2.75, 3.05) is 27.0 Å². The summed E-state index contributed by atoms with van der Waals surface area (Å²) in [6, 6.07) is 0. The summed E-state index contributed by atoms with van der Waals surface area (Å²) in [5, 5.41) is 0. The Hall–Kier alpha value is 0.110. The predicted octanol–water partition coefficient (Wildman–Crippen LogP) is 1.90. The highest BCUT2D eigenvalue weighted by atomic mass is 31.2. The van der Waals surface area contributed by atoms with Crippen molar-refractivity contribution in [3.8, 4) is 0 Å². The van der Waals surface area contributed by atoms with Crippen LogP contribution in [0.5, 0.6) is 0 Å². The van der Waals surface area contributed by atoms with E-state index in [-0.39, 0.29) is 6.10 Å². The van der Waals surface area contributed by atoms with Crippen LogP contribution in [0, 0.1) is 5.92 Å². The third kappa shape index (κ3) is 3.39. The lowest BCUT2D eigenvalue weighted by Crippen LogP contribution is -2.19. The van der Waals surface area contributed by atoms with Crippen molar-refractivity contribution in [3.63, 3.8) is 0 Å². The molecule has 0 aromatic carbocycles. The van der Waals surface area contributed by atoms with E-state index in [4.69, 9.17) is 13.8 Å². The lowest BCUT2D eigenvalue weighted by molar-refractivity contribution is 0.0468. The first kappa shape index (κ1) is 11.2. The third-order valence-corrected chi connectivity index (χ3v) is 3.63. The molecule has 0 amide bonds. The van der Waals surface area contributed by atoms with Gasteiger partial charge in [-0.1, -0.05) is 6.92 Å². The maximum absolute atomic E-state index is 11.3. The number of ether oxygens (including phenoxy) is 1. The second-order valence-corrected chi connectivity index (χ2v) is 5.59. The van der Waals surface area contributed by atoms with Gasteiger partial charge in [0.1, 0.15) is 0 Å². The Morgan fingerprint density at radius 3 is 2.77 bits per heavy atom. The molecule has 3 unspecified atom stereocenters. The van der Waals surface area contributed by atoms with Crippen LogP contribution in [0.15, 0.2) is 0 Å². The average Bonchev–Trinajstić information content (AvgIpc) is 2.48. The first-order valence-corrected chi connectivity index (χ1v) is 6.43. The van der Waals surface area contributed by atoms with E-state index in [1.165, 1.54) is 13.8 Å². The summed E-state index contributed by atoms with van der Waals surface area (Å²) < 4.78 is 26.6. The minimum atomic E-state index is -2.83. The smallest absolute Gasteiger partial charge is 0.327 e. The molecule has 0 aromatic heterocycles. The monoisotopic (exact) mass is 208 g/mol. The summed E-state index contributed by atoms with van der Waals surface area (Å²) in [5.41, 5.74) is 0. The van der Waals surface area contributed by atoms with E-state index in [1.807, 2.05) is 0 Å². The van der Waals surface area contributed by atoms with Gasteiger partial charge in [-0.15, -0.1) is 0 Å². The molecule has 78 valence electrons. The maximum atomic E-state index is 11.3. The predicted molar refractivity (Wildman–Crippen MR) is 50.0 cm³/mol. The Labute approximate surface area is 79.1 Å². The molecule has 0 aromatic rings. The van der Waals surface area contributed by atoms with E-state index in [2.05, 4.69) is 6.92 Å². The lowest BCUT2D eigenvalue weighted by Gasteiger charge is -2.17. The van der Waals surface area contributed by atoms with Gasteiger partial charge in [0.25, 0.3) is 0 Å². The lowest BCUT2D eigenvalue weighted by atomic mass is 10.1. The van der Waals surface area contributed by atoms with Gasteiger partial charge in [0.2, 0.25) is 0 Å². The molecule has 0 aliphatic carbocycles.